The maximum Gasteiger partial charge on any atom is 0.416 e. The van der Waals surface area contributed by atoms with Crippen molar-refractivity contribution < 1.29 is 27.2 Å². The minimum absolute atomic E-state index is 0.0405. The maximum absolute atomic E-state index is 13.5. The fourth-order valence-electron chi connectivity index (χ4n) is 6.13. The van der Waals surface area contributed by atoms with Crippen LogP contribution in [-0.4, -0.2) is 28.1 Å². The molecule has 0 saturated heterocycles. The van der Waals surface area contributed by atoms with E-state index in [9.17, 15) is 27.2 Å². The Labute approximate surface area is 233 Å². The summed E-state index contributed by atoms with van der Waals surface area (Å²) in [6.45, 7) is 0.446. The highest BCUT2D eigenvalue weighted by molar-refractivity contribution is 6.31. The van der Waals surface area contributed by atoms with Gasteiger partial charge in [0.25, 0.3) is 11.8 Å². The Kier molecular flexibility index (Phi) is 7.52. The molecule has 2 saturated carbocycles. The van der Waals surface area contributed by atoms with Gasteiger partial charge in [0.1, 0.15) is 17.2 Å². The molecule has 2 unspecified atom stereocenters. The molecule has 12 heteroatoms. The molecule has 0 aliphatic heterocycles. The minimum atomic E-state index is -4.45. The van der Waals surface area contributed by atoms with E-state index in [0.29, 0.717) is 35.3 Å². The van der Waals surface area contributed by atoms with Gasteiger partial charge in [-0.1, -0.05) is 11.6 Å². The topological polar surface area (TPSA) is 102 Å². The van der Waals surface area contributed by atoms with E-state index < -0.39 is 29.4 Å². The highest BCUT2D eigenvalue weighted by atomic mass is 35.5. The first kappa shape index (κ1) is 27.9. The molecule has 2 aromatic carbocycles. The average Bonchev–Trinajstić information content (AvgIpc) is 3.56. The van der Waals surface area contributed by atoms with Crippen molar-refractivity contribution in [1.29, 1.82) is 0 Å². The summed E-state index contributed by atoms with van der Waals surface area (Å²) in [4.78, 5) is 25.6. The second-order valence-corrected chi connectivity index (χ2v) is 11.1. The lowest BCUT2D eigenvalue weighted by atomic mass is 9.93. The van der Waals surface area contributed by atoms with Crippen molar-refractivity contribution in [1.82, 2.24) is 15.1 Å². The van der Waals surface area contributed by atoms with Crippen LogP contribution in [-0.2, 0) is 13.2 Å². The van der Waals surface area contributed by atoms with Crippen LogP contribution in [0.3, 0.4) is 0 Å². The normalized spacial score (nSPS) is 22.2. The number of hydrogen-bond donors (Lipinski definition) is 3. The van der Waals surface area contributed by atoms with Crippen LogP contribution in [0.25, 0.3) is 0 Å². The molecule has 0 radical (unpaired) electrons. The number of hydrogen-bond acceptors (Lipinski definition) is 4. The van der Waals surface area contributed by atoms with Crippen LogP contribution in [0.15, 0.2) is 42.5 Å². The van der Waals surface area contributed by atoms with Gasteiger partial charge in [-0.2, -0.15) is 18.3 Å². The molecule has 0 spiro atoms. The molecule has 40 heavy (non-hydrogen) atoms. The van der Waals surface area contributed by atoms with E-state index in [1.165, 1.54) is 35.0 Å². The van der Waals surface area contributed by atoms with Gasteiger partial charge in [0.2, 0.25) is 0 Å². The summed E-state index contributed by atoms with van der Waals surface area (Å²) in [5.74, 6) is -0.0957. The summed E-state index contributed by atoms with van der Waals surface area (Å²) >= 11 is 5.84. The monoisotopic (exact) mass is 577 g/mol. The number of amides is 2. The number of anilines is 2. The summed E-state index contributed by atoms with van der Waals surface area (Å²) in [5, 5.41) is 10.1. The van der Waals surface area contributed by atoms with Crippen LogP contribution < -0.4 is 16.4 Å². The fraction of sp³-hybridized carbons (Fsp3) is 0.393. The van der Waals surface area contributed by atoms with Crippen LogP contribution in [0, 0.1) is 23.6 Å². The van der Waals surface area contributed by atoms with Crippen LogP contribution in [0.1, 0.15) is 63.6 Å². The number of fused-ring (bicyclic) bond motifs is 1. The largest absolute Gasteiger partial charge is 0.416 e. The van der Waals surface area contributed by atoms with Gasteiger partial charge in [-0.15, -0.1) is 0 Å². The smallest absolute Gasteiger partial charge is 0.383 e. The predicted molar refractivity (Wildman–Crippen MR) is 142 cm³/mol. The first-order valence-corrected chi connectivity index (χ1v) is 13.3. The molecular formula is C28H28ClF4N5O2. The quantitative estimate of drug-likeness (QED) is 0.312. The molecule has 1 aromatic heterocycles. The Bertz CT molecular complexity index is 1430. The number of halogens is 5. The number of alkyl halides is 3. The summed E-state index contributed by atoms with van der Waals surface area (Å²) in [6, 6.07) is 8.10. The number of carbonyl (C=O) groups excluding carboxylic acids is 2. The van der Waals surface area contributed by atoms with E-state index in [4.69, 9.17) is 17.3 Å². The number of nitrogens with zero attached hydrogens (tertiary/aromatic N) is 2. The van der Waals surface area contributed by atoms with E-state index in [-0.39, 0.29) is 28.2 Å². The van der Waals surface area contributed by atoms with Gasteiger partial charge in [0, 0.05) is 30.8 Å². The van der Waals surface area contributed by atoms with E-state index in [1.54, 1.807) is 7.05 Å². The predicted octanol–water partition coefficient (Wildman–Crippen LogP) is 6.02. The highest BCUT2D eigenvalue weighted by Gasteiger charge is 2.44. The molecule has 4 N–H and O–H groups in total. The molecule has 2 amide bonds. The van der Waals surface area contributed by atoms with Gasteiger partial charge < -0.3 is 16.4 Å². The third kappa shape index (κ3) is 5.65. The Morgan fingerprint density at radius 3 is 2.30 bits per heavy atom. The SMILES string of the molecule is Cn1nc(C2CC3CC(CNC(=O)c4ccc(C(F)(F)F)cc4)CC3C2)c(C(=O)Nc2ccc(F)c(Cl)c2)c1N. The fourth-order valence-corrected chi connectivity index (χ4v) is 6.31. The van der Waals surface area contributed by atoms with Gasteiger partial charge >= 0.3 is 6.18 Å². The number of nitrogens with one attached hydrogen (secondary N) is 2. The summed E-state index contributed by atoms with van der Waals surface area (Å²) in [6.07, 6.45) is -1.00. The highest BCUT2D eigenvalue weighted by Crippen LogP contribution is 2.53. The van der Waals surface area contributed by atoms with Gasteiger partial charge in [0.15, 0.2) is 0 Å². The number of benzene rings is 2. The van der Waals surface area contributed by atoms with Crippen LogP contribution in [0.2, 0.25) is 5.02 Å². The Hall–Kier alpha value is -3.60. The molecule has 0 bridgehead atoms. The molecule has 2 aliphatic rings. The first-order valence-electron chi connectivity index (χ1n) is 12.9. The molecule has 212 valence electrons. The molecule has 2 atom stereocenters. The second kappa shape index (κ2) is 10.8. The van der Waals surface area contributed by atoms with Gasteiger partial charge in [-0.25, -0.2) is 4.39 Å². The third-order valence-corrected chi connectivity index (χ3v) is 8.34. The molecule has 7 nitrogen and oxygen atoms in total. The standard InChI is InChI=1S/C28H28ClF4N5O2/c1-38-25(34)23(27(40)36-20-6-7-22(30)21(29)12-20)24(37-38)18-10-16-8-14(9-17(16)11-18)13-35-26(39)15-2-4-19(5-3-15)28(31,32)33/h2-7,12,14,16-18H,8-11,13,34H2,1H3,(H,35,39)(H,36,40). The number of nitrogens with two attached hydrogens (primary N) is 1. The van der Waals surface area contributed by atoms with Crippen LogP contribution in [0.5, 0.6) is 0 Å². The van der Waals surface area contributed by atoms with Gasteiger partial charge in [-0.05, 0) is 85.9 Å². The van der Waals surface area contributed by atoms with Crippen LogP contribution >= 0.6 is 11.6 Å². The zero-order valence-corrected chi connectivity index (χ0v) is 22.3. The minimum Gasteiger partial charge on any atom is -0.383 e. The van der Waals surface area contributed by atoms with Crippen molar-refractivity contribution >= 4 is 34.9 Å². The van der Waals surface area contributed by atoms with Crippen molar-refractivity contribution in [3.8, 4) is 0 Å². The lowest BCUT2D eigenvalue weighted by molar-refractivity contribution is -0.137. The zero-order chi connectivity index (χ0) is 28.8. The van der Waals surface area contributed by atoms with Crippen LogP contribution in [0.4, 0.5) is 29.1 Å². The van der Waals surface area contributed by atoms with E-state index in [1.807, 2.05) is 0 Å². The summed E-state index contributed by atoms with van der Waals surface area (Å²) in [5.41, 5.74) is 6.89. The van der Waals surface area contributed by atoms with E-state index >= 15 is 0 Å². The Morgan fingerprint density at radius 2 is 1.70 bits per heavy atom. The molecule has 2 aliphatic carbocycles. The van der Waals surface area contributed by atoms with Crippen molar-refractivity contribution in [3.05, 3.63) is 75.7 Å². The number of carbonyl (C=O) groups is 2. The molecule has 5 rings (SSSR count). The van der Waals surface area contributed by atoms with Crippen molar-refractivity contribution in [2.75, 3.05) is 17.6 Å². The zero-order valence-electron chi connectivity index (χ0n) is 21.6. The molecular weight excluding hydrogens is 550 g/mol. The van der Waals surface area contributed by atoms with Gasteiger partial charge in [0.05, 0.1) is 16.3 Å². The first-order chi connectivity index (χ1) is 18.9. The Morgan fingerprint density at radius 1 is 1.05 bits per heavy atom. The summed E-state index contributed by atoms with van der Waals surface area (Å²) < 4.78 is 53.3. The molecule has 3 aromatic rings. The lowest BCUT2D eigenvalue weighted by Gasteiger charge is -2.16. The van der Waals surface area contributed by atoms with Crippen molar-refractivity contribution in [3.63, 3.8) is 0 Å². The molecule has 1 heterocycles. The number of rotatable bonds is 6. The van der Waals surface area contributed by atoms with E-state index in [0.717, 1.165) is 37.8 Å². The van der Waals surface area contributed by atoms with Gasteiger partial charge in [-0.3, -0.25) is 14.3 Å². The average molecular weight is 578 g/mol. The van der Waals surface area contributed by atoms with E-state index in [2.05, 4.69) is 15.7 Å². The number of nitrogen functional groups attached to an aromatic ring is 1. The number of aryl methyl sites for hydroxylation is 1. The second-order valence-electron chi connectivity index (χ2n) is 10.7. The van der Waals surface area contributed by atoms with Crippen molar-refractivity contribution in [2.45, 2.75) is 37.8 Å². The summed E-state index contributed by atoms with van der Waals surface area (Å²) in [7, 11) is 1.68. The number of aromatic nitrogens is 2. The maximum atomic E-state index is 13.5. The lowest BCUT2D eigenvalue weighted by Crippen LogP contribution is -2.28. The third-order valence-electron chi connectivity index (χ3n) is 8.05. The Balaban J connectivity index is 1.19. The molecule has 2 fully saturated rings. The van der Waals surface area contributed by atoms with Crippen molar-refractivity contribution in [2.24, 2.45) is 24.8 Å².